The Balaban J connectivity index is 1.90. The van der Waals surface area contributed by atoms with E-state index < -0.39 is 23.3 Å². The molecule has 1 aliphatic rings. The Kier molecular flexibility index (Phi) is 5.77. The Morgan fingerprint density at radius 2 is 1.80 bits per heavy atom. The summed E-state index contributed by atoms with van der Waals surface area (Å²) in [5.41, 5.74) is 0.00741. The van der Waals surface area contributed by atoms with Crippen molar-refractivity contribution in [2.24, 2.45) is 5.92 Å². The Morgan fingerprint density at radius 1 is 1.20 bits per heavy atom. The third-order valence-electron chi connectivity index (χ3n) is 4.33. The maximum atomic E-state index is 13.0. The van der Waals surface area contributed by atoms with E-state index >= 15 is 0 Å². The fourth-order valence-electron chi connectivity index (χ4n) is 2.81. The third-order valence-corrected chi connectivity index (χ3v) is 4.33. The number of hydrogen-bond donors (Lipinski definition) is 3. The van der Waals surface area contributed by atoms with Gasteiger partial charge in [0.25, 0.3) is 0 Å². The molecule has 0 heterocycles. The van der Waals surface area contributed by atoms with Crippen LogP contribution >= 0.6 is 0 Å². The molecule has 1 aliphatic carbocycles. The third kappa shape index (κ3) is 4.78. The van der Waals surface area contributed by atoms with Crippen molar-refractivity contribution in [2.45, 2.75) is 44.6 Å². The maximum absolute atomic E-state index is 13.0. The minimum atomic E-state index is -1.10. The van der Waals surface area contributed by atoms with Crippen molar-refractivity contribution in [1.29, 1.82) is 0 Å². The van der Waals surface area contributed by atoms with Gasteiger partial charge in [-0.1, -0.05) is 26.0 Å². The second kappa shape index (κ2) is 7.63. The normalized spacial score (nSPS) is 16.2. The van der Waals surface area contributed by atoms with Crippen LogP contribution in [0, 0.1) is 11.7 Å². The zero-order valence-corrected chi connectivity index (χ0v) is 14.3. The van der Waals surface area contributed by atoms with Crippen molar-refractivity contribution in [2.75, 3.05) is 6.54 Å². The first-order chi connectivity index (χ1) is 11.7. The van der Waals surface area contributed by atoms with Gasteiger partial charge in [0.15, 0.2) is 0 Å². The second-order valence-corrected chi connectivity index (χ2v) is 6.86. The lowest BCUT2D eigenvalue weighted by Crippen LogP contribution is -2.47. The van der Waals surface area contributed by atoms with Gasteiger partial charge in [-0.3, -0.25) is 9.59 Å². The topological polar surface area (TPSA) is 95.5 Å². The van der Waals surface area contributed by atoms with E-state index in [1.165, 1.54) is 12.1 Å². The monoisotopic (exact) mass is 350 g/mol. The number of carboxylic acids is 1. The summed E-state index contributed by atoms with van der Waals surface area (Å²) < 4.78 is 13.0. The molecule has 0 radical (unpaired) electrons. The molecule has 1 fully saturated rings. The highest BCUT2D eigenvalue weighted by Crippen LogP contribution is 2.48. The van der Waals surface area contributed by atoms with E-state index in [0.717, 1.165) is 5.56 Å². The van der Waals surface area contributed by atoms with Crippen LogP contribution in [0.1, 0.15) is 38.7 Å². The van der Waals surface area contributed by atoms with Crippen molar-refractivity contribution in [3.63, 3.8) is 0 Å². The molecule has 1 aromatic carbocycles. The number of carbonyl (C=O) groups excluding carboxylic acids is 2. The predicted molar refractivity (Wildman–Crippen MR) is 89.3 cm³/mol. The number of rotatable bonds is 8. The van der Waals surface area contributed by atoms with E-state index in [0.29, 0.717) is 19.3 Å². The molecule has 0 spiro atoms. The molecule has 2 amide bonds. The Bertz CT molecular complexity index is 654. The average Bonchev–Trinajstić information content (AvgIpc) is 3.34. The fraction of sp³-hybridized carbons (Fsp3) is 0.500. The summed E-state index contributed by atoms with van der Waals surface area (Å²) in [7, 11) is 0. The molecule has 1 aromatic rings. The van der Waals surface area contributed by atoms with Crippen molar-refractivity contribution >= 4 is 17.8 Å². The molecule has 1 saturated carbocycles. The Labute approximate surface area is 145 Å². The van der Waals surface area contributed by atoms with Crippen LogP contribution in [0.5, 0.6) is 0 Å². The minimum absolute atomic E-state index is 0.115. The highest BCUT2D eigenvalue weighted by atomic mass is 19.1. The van der Waals surface area contributed by atoms with Gasteiger partial charge in [-0.25, -0.2) is 9.18 Å². The van der Waals surface area contributed by atoms with Crippen molar-refractivity contribution in [1.82, 2.24) is 10.6 Å². The summed E-state index contributed by atoms with van der Waals surface area (Å²) in [5, 5.41) is 14.1. The summed E-state index contributed by atoms with van der Waals surface area (Å²) in [5.74, 6) is -2.20. The molecular formula is C18H23FN2O4. The maximum Gasteiger partial charge on any atom is 0.326 e. The Morgan fingerprint density at radius 3 is 2.28 bits per heavy atom. The van der Waals surface area contributed by atoms with E-state index in [4.69, 9.17) is 5.11 Å². The number of nitrogens with one attached hydrogen (secondary N) is 2. The summed E-state index contributed by atoms with van der Waals surface area (Å²) in [4.78, 5) is 35.5. The van der Waals surface area contributed by atoms with Crippen LogP contribution in [-0.4, -0.2) is 35.5 Å². The quantitative estimate of drug-likeness (QED) is 0.663. The van der Waals surface area contributed by atoms with Gasteiger partial charge in [-0.2, -0.15) is 0 Å². The largest absolute Gasteiger partial charge is 0.480 e. The van der Waals surface area contributed by atoms with Gasteiger partial charge < -0.3 is 15.7 Å². The van der Waals surface area contributed by atoms with Crippen LogP contribution in [0.25, 0.3) is 0 Å². The van der Waals surface area contributed by atoms with Crippen molar-refractivity contribution in [3.8, 4) is 0 Å². The zero-order chi connectivity index (χ0) is 18.6. The van der Waals surface area contributed by atoms with Gasteiger partial charge in [-0.05, 0) is 42.9 Å². The van der Waals surface area contributed by atoms with E-state index in [2.05, 4.69) is 10.6 Å². The van der Waals surface area contributed by atoms with Crippen LogP contribution in [0.15, 0.2) is 24.3 Å². The molecule has 2 rings (SSSR count). The predicted octanol–water partition coefficient (Wildman–Crippen LogP) is 1.59. The first-order valence-electron chi connectivity index (χ1n) is 8.31. The molecule has 6 nitrogen and oxygen atoms in total. The van der Waals surface area contributed by atoms with Gasteiger partial charge in [-0.15, -0.1) is 0 Å². The van der Waals surface area contributed by atoms with E-state index in [1.54, 1.807) is 12.1 Å². The summed E-state index contributed by atoms with van der Waals surface area (Å²) >= 11 is 0. The molecule has 1 atom stereocenters. The lowest BCUT2D eigenvalue weighted by atomic mass is 9.95. The van der Waals surface area contributed by atoms with E-state index in [1.807, 2.05) is 13.8 Å². The summed E-state index contributed by atoms with van der Waals surface area (Å²) in [6.45, 7) is 3.44. The number of carbonyl (C=O) groups is 3. The van der Waals surface area contributed by atoms with Gasteiger partial charge in [0.2, 0.25) is 11.8 Å². The molecular weight excluding hydrogens is 327 g/mol. The van der Waals surface area contributed by atoms with Gasteiger partial charge in [0, 0.05) is 0 Å². The molecule has 7 heteroatoms. The van der Waals surface area contributed by atoms with Crippen LogP contribution in [0.3, 0.4) is 0 Å². The van der Waals surface area contributed by atoms with E-state index in [9.17, 15) is 18.8 Å². The van der Waals surface area contributed by atoms with E-state index in [-0.39, 0.29) is 24.2 Å². The highest BCUT2D eigenvalue weighted by Gasteiger charge is 2.51. The first-order valence-corrected chi connectivity index (χ1v) is 8.31. The minimum Gasteiger partial charge on any atom is -0.480 e. The molecule has 136 valence electrons. The number of halogens is 1. The van der Waals surface area contributed by atoms with Crippen LogP contribution in [0.4, 0.5) is 4.39 Å². The Hall–Kier alpha value is -2.44. The van der Waals surface area contributed by atoms with Crippen LogP contribution in [0.2, 0.25) is 0 Å². The van der Waals surface area contributed by atoms with Gasteiger partial charge in [0.1, 0.15) is 11.9 Å². The second-order valence-electron chi connectivity index (χ2n) is 6.86. The molecule has 3 N–H and O–H groups in total. The SMILES string of the molecule is CC(C)C[C@H](NC(=O)CNC(=O)C1(c2ccc(F)cc2)CC1)C(=O)O. The molecule has 0 aromatic heterocycles. The molecule has 0 bridgehead atoms. The first kappa shape index (κ1) is 18.9. The van der Waals surface area contributed by atoms with Gasteiger partial charge >= 0.3 is 5.97 Å². The average molecular weight is 350 g/mol. The zero-order valence-electron chi connectivity index (χ0n) is 14.3. The summed E-state index contributed by atoms with van der Waals surface area (Å²) in [6.07, 6.45) is 1.59. The lowest BCUT2D eigenvalue weighted by Gasteiger charge is -2.18. The van der Waals surface area contributed by atoms with Crippen LogP contribution in [-0.2, 0) is 19.8 Å². The van der Waals surface area contributed by atoms with Crippen LogP contribution < -0.4 is 10.6 Å². The molecule has 0 saturated heterocycles. The number of hydrogen-bond acceptors (Lipinski definition) is 3. The number of aliphatic carboxylic acids is 1. The standard InChI is InChI=1S/C18H23FN2O4/c1-11(2)9-14(16(23)24)21-15(22)10-20-17(25)18(7-8-18)12-3-5-13(19)6-4-12/h3-6,11,14H,7-10H2,1-2H3,(H,20,25)(H,21,22)(H,23,24)/t14-/m0/s1. The lowest BCUT2D eigenvalue weighted by molar-refractivity contribution is -0.142. The summed E-state index contributed by atoms with van der Waals surface area (Å²) in [6, 6.07) is 4.78. The highest BCUT2D eigenvalue weighted by molar-refractivity contribution is 5.94. The number of benzene rings is 1. The smallest absolute Gasteiger partial charge is 0.326 e. The molecule has 0 aliphatic heterocycles. The van der Waals surface area contributed by atoms with Crippen molar-refractivity contribution in [3.05, 3.63) is 35.6 Å². The number of amides is 2. The van der Waals surface area contributed by atoms with Gasteiger partial charge in [0.05, 0.1) is 12.0 Å². The fourth-order valence-corrected chi connectivity index (χ4v) is 2.81. The molecule has 0 unspecified atom stereocenters. The number of carboxylic acid groups (broad SMARTS) is 1. The van der Waals surface area contributed by atoms with Crippen molar-refractivity contribution < 1.29 is 23.9 Å². The molecule has 25 heavy (non-hydrogen) atoms.